The SMILES string of the molecule is COc1ccc(NC(=O)c2csc(C3CCCCC3)c2)c(Br)c1. The molecule has 0 unspecified atom stereocenters. The van der Waals surface area contributed by atoms with Crippen molar-refractivity contribution in [2.24, 2.45) is 0 Å². The number of rotatable bonds is 4. The number of amides is 1. The topological polar surface area (TPSA) is 38.3 Å². The Bertz CT molecular complexity index is 692. The molecule has 0 spiro atoms. The molecular formula is C18H20BrNO2S. The number of carbonyl (C=O) groups excluding carboxylic acids is 1. The third kappa shape index (κ3) is 3.96. The van der Waals surface area contributed by atoms with E-state index < -0.39 is 0 Å². The van der Waals surface area contributed by atoms with Crippen molar-refractivity contribution in [3.8, 4) is 5.75 Å². The highest BCUT2D eigenvalue weighted by Crippen LogP contribution is 2.36. The van der Waals surface area contributed by atoms with Crippen molar-refractivity contribution in [3.05, 3.63) is 44.6 Å². The quantitative estimate of drug-likeness (QED) is 0.710. The highest BCUT2D eigenvalue weighted by atomic mass is 79.9. The van der Waals surface area contributed by atoms with Gasteiger partial charge in [0, 0.05) is 14.7 Å². The first kappa shape index (κ1) is 16.5. The van der Waals surface area contributed by atoms with Gasteiger partial charge in [-0.1, -0.05) is 19.3 Å². The van der Waals surface area contributed by atoms with E-state index in [0.717, 1.165) is 21.5 Å². The predicted octanol–water partition coefficient (Wildman–Crippen LogP) is 5.82. The van der Waals surface area contributed by atoms with Crippen molar-refractivity contribution in [1.82, 2.24) is 0 Å². The van der Waals surface area contributed by atoms with Gasteiger partial charge in [-0.15, -0.1) is 11.3 Å². The van der Waals surface area contributed by atoms with E-state index >= 15 is 0 Å². The number of benzene rings is 1. The lowest BCUT2D eigenvalue weighted by molar-refractivity contribution is 0.102. The summed E-state index contributed by atoms with van der Waals surface area (Å²) in [5.74, 6) is 1.34. The summed E-state index contributed by atoms with van der Waals surface area (Å²) in [6.07, 6.45) is 6.48. The van der Waals surface area contributed by atoms with Crippen molar-refractivity contribution in [2.45, 2.75) is 38.0 Å². The van der Waals surface area contributed by atoms with Crippen LogP contribution in [0, 0.1) is 0 Å². The Hall–Kier alpha value is -1.33. The van der Waals surface area contributed by atoms with Crippen molar-refractivity contribution >= 4 is 38.9 Å². The Morgan fingerprint density at radius 3 is 2.74 bits per heavy atom. The highest BCUT2D eigenvalue weighted by Gasteiger charge is 2.19. The summed E-state index contributed by atoms with van der Waals surface area (Å²) in [6, 6.07) is 7.58. The number of halogens is 1. The van der Waals surface area contributed by atoms with Crippen molar-refractivity contribution in [3.63, 3.8) is 0 Å². The molecule has 0 saturated heterocycles. The Morgan fingerprint density at radius 2 is 2.04 bits per heavy atom. The maximum atomic E-state index is 12.5. The molecule has 1 heterocycles. The van der Waals surface area contributed by atoms with Gasteiger partial charge >= 0.3 is 0 Å². The lowest BCUT2D eigenvalue weighted by Crippen LogP contribution is -2.11. The fraction of sp³-hybridized carbons (Fsp3) is 0.389. The molecule has 1 amide bonds. The molecule has 2 aromatic rings. The summed E-state index contributed by atoms with van der Waals surface area (Å²) >= 11 is 5.18. The van der Waals surface area contributed by atoms with Gasteiger partial charge in [0.05, 0.1) is 18.4 Å². The zero-order valence-electron chi connectivity index (χ0n) is 13.1. The number of hydrogen-bond donors (Lipinski definition) is 1. The van der Waals surface area contributed by atoms with E-state index in [1.165, 1.54) is 37.0 Å². The monoisotopic (exact) mass is 393 g/mol. The van der Waals surface area contributed by atoms with Gasteiger partial charge in [-0.2, -0.15) is 0 Å². The predicted molar refractivity (Wildman–Crippen MR) is 98.8 cm³/mol. The van der Waals surface area contributed by atoms with E-state index in [1.807, 2.05) is 23.6 Å². The van der Waals surface area contributed by atoms with Crippen LogP contribution < -0.4 is 10.1 Å². The molecule has 0 atom stereocenters. The fourth-order valence-electron chi connectivity index (χ4n) is 2.99. The second-order valence-electron chi connectivity index (χ2n) is 5.87. The van der Waals surface area contributed by atoms with Crippen LogP contribution in [0.25, 0.3) is 0 Å². The summed E-state index contributed by atoms with van der Waals surface area (Å²) in [5.41, 5.74) is 1.50. The minimum Gasteiger partial charge on any atom is -0.497 e. The maximum absolute atomic E-state index is 12.5. The number of thiophene rings is 1. The van der Waals surface area contributed by atoms with E-state index in [1.54, 1.807) is 18.4 Å². The van der Waals surface area contributed by atoms with Crippen molar-refractivity contribution in [1.29, 1.82) is 0 Å². The molecule has 1 aliphatic rings. The van der Waals surface area contributed by atoms with Crippen LogP contribution in [0.15, 0.2) is 34.1 Å². The number of anilines is 1. The molecule has 1 saturated carbocycles. The van der Waals surface area contributed by atoms with Gasteiger partial charge in [-0.3, -0.25) is 4.79 Å². The normalized spacial score (nSPS) is 15.4. The zero-order chi connectivity index (χ0) is 16.2. The molecular weight excluding hydrogens is 374 g/mol. The Labute approximate surface area is 149 Å². The largest absolute Gasteiger partial charge is 0.497 e. The third-order valence-corrected chi connectivity index (χ3v) is 6.07. The van der Waals surface area contributed by atoms with Crippen LogP contribution in [0.5, 0.6) is 5.75 Å². The summed E-state index contributed by atoms with van der Waals surface area (Å²) in [5, 5.41) is 4.93. The van der Waals surface area contributed by atoms with Crippen LogP contribution in [0.2, 0.25) is 0 Å². The Morgan fingerprint density at radius 1 is 1.26 bits per heavy atom. The minimum absolute atomic E-state index is 0.0609. The number of ether oxygens (including phenoxy) is 1. The van der Waals surface area contributed by atoms with E-state index in [9.17, 15) is 4.79 Å². The first-order valence-corrected chi connectivity index (χ1v) is 9.58. The second kappa shape index (κ2) is 7.49. The zero-order valence-corrected chi connectivity index (χ0v) is 15.5. The Balaban J connectivity index is 1.70. The molecule has 0 radical (unpaired) electrons. The van der Waals surface area contributed by atoms with Gasteiger partial charge in [0.15, 0.2) is 0 Å². The van der Waals surface area contributed by atoms with Crippen LogP contribution in [0.4, 0.5) is 5.69 Å². The molecule has 3 rings (SSSR count). The van der Waals surface area contributed by atoms with Crippen molar-refractivity contribution < 1.29 is 9.53 Å². The van der Waals surface area contributed by atoms with Gasteiger partial charge in [0.2, 0.25) is 0 Å². The molecule has 0 bridgehead atoms. The molecule has 0 aliphatic heterocycles. The molecule has 1 aromatic carbocycles. The number of nitrogens with one attached hydrogen (secondary N) is 1. The van der Waals surface area contributed by atoms with Crippen LogP contribution in [0.1, 0.15) is 53.3 Å². The fourth-order valence-corrected chi connectivity index (χ4v) is 4.51. The van der Waals surface area contributed by atoms with Gasteiger partial charge in [-0.05, 0) is 59.0 Å². The summed E-state index contributed by atoms with van der Waals surface area (Å²) < 4.78 is 5.98. The Kier molecular flexibility index (Phi) is 5.38. The first-order chi connectivity index (χ1) is 11.2. The first-order valence-electron chi connectivity index (χ1n) is 7.90. The highest BCUT2D eigenvalue weighted by molar-refractivity contribution is 9.10. The third-order valence-electron chi connectivity index (χ3n) is 4.31. The van der Waals surface area contributed by atoms with Crippen LogP contribution in [-0.2, 0) is 0 Å². The van der Waals surface area contributed by atoms with E-state index in [0.29, 0.717) is 5.92 Å². The number of hydrogen-bond acceptors (Lipinski definition) is 3. The van der Waals surface area contributed by atoms with E-state index in [-0.39, 0.29) is 5.91 Å². The lowest BCUT2D eigenvalue weighted by atomic mass is 9.88. The number of carbonyl (C=O) groups is 1. The number of methoxy groups -OCH3 is 1. The molecule has 5 heteroatoms. The summed E-state index contributed by atoms with van der Waals surface area (Å²) in [7, 11) is 1.62. The second-order valence-corrected chi connectivity index (χ2v) is 7.67. The van der Waals surface area contributed by atoms with Gasteiger partial charge in [0.25, 0.3) is 5.91 Å². The van der Waals surface area contributed by atoms with E-state index in [4.69, 9.17) is 4.74 Å². The lowest BCUT2D eigenvalue weighted by Gasteiger charge is -2.19. The van der Waals surface area contributed by atoms with Crippen LogP contribution in [-0.4, -0.2) is 13.0 Å². The average molecular weight is 394 g/mol. The maximum Gasteiger partial charge on any atom is 0.256 e. The van der Waals surface area contributed by atoms with Gasteiger partial charge in [-0.25, -0.2) is 0 Å². The molecule has 1 aromatic heterocycles. The molecule has 122 valence electrons. The minimum atomic E-state index is -0.0609. The molecule has 1 aliphatic carbocycles. The van der Waals surface area contributed by atoms with Gasteiger partial charge < -0.3 is 10.1 Å². The average Bonchev–Trinajstić information content (AvgIpc) is 3.07. The van der Waals surface area contributed by atoms with Gasteiger partial charge in [0.1, 0.15) is 5.75 Å². The van der Waals surface area contributed by atoms with Crippen LogP contribution >= 0.6 is 27.3 Å². The summed E-state index contributed by atoms with van der Waals surface area (Å²) in [4.78, 5) is 13.8. The summed E-state index contributed by atoms with van der Waals surface area (Å²) in [6.45, 7) is 0. The van der Waals surface area contributed by atoms with Crippen molar-refractivity contribution in [2.75, 3.05) is 12.4 Å². The molecule has 1 fully saturated rings. The smallest absolute Gasteiger partial charge is 0.256 e. The van der Waals surface area contributed by atoms with E-state index in [2.05, 4.69) is 27.3 Å². The molecule has 1 N–H and O–H groups in total. The standard InChI is InChI=1S/C18H20BrNO2S/c1-22-14-7-8-16(15(19)10-14)20-18(21)13-9-17(23-11-13)12-5-3-2-4-6-12/h7-12H,2-6H2,1H3,(H,20,21). The van der Waals surface area contributed by atoms with Crippen LogP contribution in [0.3, 0.4) is 0 Å². The molecule has 23 heavy (non-hydrogen) atoms. The molecule has 3 nitrogen and oxygen atoms in total.